The molecule has 0 saturated heterocycles. The van der Waals surface area contributed by atoms with Gasteiger partial charge in [-0.3, -0.25) is 19.8 Å². The van der Waals surface area contributed by atoms with E-state index in [0.29, 0.717) is 12.6 Å². The van der Waals surface area contributed by atoms with Gasteiger partial charge >= 0.3 is 5.97 Å². The Hall–Kier alpha value is -1.95. The molecule has 0 heterocycles. The van der Waals surface area contributed by atoms with Crippen LogP contribution in [0.3, 0.4) is 0 Å². The maximum absolute atomic E-state index is 10.9. The van der Waals surface area contributed by atoms with Crippen molar-refractivity contribution in [3.63, 3.8) is 0 Å². The minimum Gasteiger partial charge on any atom is -0.481 e. The molecule has 2 rings (SSSR count). The van der Waals surface area contributed by atoms with Crippen LogP contribution in [-0.2, 0) is 4.79 Å². The number of non-ortho nitro benzene ring substituents is 1. The standard InChI is InChI=1S/C15H20N2O4/c1-2-14(11-4-3-5-13(10-11)17(20)21)16(12-6-7-12)9-8-15(18)19/h3-5,10,12,14H,2,6-9H2,1H3,(H,18,19). The van der Waals surface area contributed by atoms with Crippen LogP contribution in [0.2, 0.25) is 0 Å². The molecule has 0 bridgehead atoms. The van der Waals surface area contributed by atoms with Crippen LogP contribution in [0.5, 0.6) is 0 Å². The second kappa shape index (κ2) is 6.67. The fraction of sp³-hybridized carbons (Fsp3) is 0.533. The number of carboxylic acid groups (broad SMARTS) is 1. The molecule has 6 heteroatoms. The van der Waals surface area contributed by atoms with Crippen LogP contribution >= 0.6 is 0 Å². The molecule has 0 radical (unpaired) electrons. The number of hydrogen-bond donors (Lipinski definition) is 1. The van der Waals surface area contributed by atoms with Crippen molar-refractivity contribution in [2.75, 3.05) is 6.54 Å². The summed E-state index contributed by atoms with van der Waals surface area (Å²) in [5.74, 6) is -0.811. The normalized spacial score (nSPS) is 15.9. The van der Waals surface area contributed by atoms with Gasteiger partial charge in [-0.25, -0.2) is 0 Å². The van der Waals surface area contributed by atoms with Gasteiger partial charge in [0.1, 0.15) is 0 Å². The van der Waals surface area contributed by atoms with Crippen molar-refractivity contribution in [2.45, 2.75) is 44.7 Å². The maximum atomic E-state index is 10.9. The van der Waals surface area contributed by atoms with Crippen LogP contribution < -0.4 is 0 Å². The number of benzene rings is 1. The quantitative estimate of drug-likeness (QED) is 0.588. The number of rotatable bonds is 8. The first-order valence-electron chi connectivity index (χ1n) is 7.24. The number of carbonyl (C=O) groups is 1. The van der Waals surface area contributed by atoms with Crippen LogP contribution in [0.25, 0.3) is 0 Å². The number of nitro groups is 1. The molecule has 1 N–H and O–H groups in total. The van der Waals surface area contributed by atoms with Crippen molar-refractivity contribution in [3.8, 4) is 0 Å². The first-order valence-corrected chi connectivity index (χ1v) is 7.24. The summed E-state index contributed by atoms with van der Waals surface area (Å²) >= 11 is 0. The van der Waals surface area contributed by atoms with E-state index in [2.05, 4.69) is 4.90 Å². The van der Waals surface area contributed by atoms with Crippen molar-refractivity contribution in [3.05, 3.63) is 39.9 Å². The molecule has 1 aliphatic carbocycles. The molecular formula is C15H20N2O4. The lowest BCUT2D eigenvalue weighted by Crippen LogP contribution is -2.32. The summed E-state index contributed by atoms with van der Waals surface area (Å²) in [4.78, 5) is 23.5. The van der Waals surface area contributed by atoms with Crippen molar-refractivity contribution in [1.29, 1.82) is 0 Å². The van der Waals surface area contributed by atoms with Gasteiger partial charge in [-0.15, -0.1) is 0 Å². The summed E-state index contributed by atoms with van der Waals surface area (Å²) in [6.07, 6.45) is 3.05. The molecule has 0 aromatic heterocycles. The van der Waals surface area contributed by atoms with E-state index < -0.39 is 10.9 Å². The number of hydrogen-bond acceptors (Lipinski definition) is 4. The Labute approximate surface area is 123 Å². The van der Waals surface area contributed by atoms with Crippen LogP contribution in [0, 0.1) is 10.1 Å². The summed E-state index contributed by atoms with van der Waals surface area (Å²) in [5, 5.41) is 19.8. The SMILES string of the molecule is CCC(c1cccc([N+](=O)[O-])c1)N(CCC(=O)O)C1CC1. The average molecular weight is 292 g/mol. The van der Waals surface area contributed by atoms with E-state index in [1.54, 1.807) is 12.1 Å². The van der Waals surface area contributed by atoms with E-state index in [9.17, 15) is 14.9 Å². The Balaban J connectivity index is 2.21. The zero-order valence-corrected chi connectivity index (χ0v) is 12.1. The lowest BCUT2D eigenvalue weighted by molar-refractivity contribution is -0.385. The fourth-order valence-electron chi connectivity index (χ4n) is 2.73. The molecule has 1 aromatic rings. The minimum atomic E-state index is -0.811. The predicted molar refractivity (Wildman–Crippen MR) is 78.1 cm³/mol. The third-order valence-corrected chi connectivity index (χ3v) is 3.85. The first-order chi connectivity index (χ1) is 10.0. The molecule has 1 unspecified atom stereocenters. The lowest BCUT2D eigenvalue weighted by atomic mass is 10.0. The molecule has 21 heavy (non-hydrogen) atoms. The molecule has 0 amide bonds. The van der Waals surface area contributed by atoms with Gasteiger partial charge in [0.15, 0.2) is 0 Å². The van der Waals surface area contributed by atoms with Crippen LogP contribution in [-0.4, -0.2) is 33.5 Å². The maximum Gasteiger partial charge on any atom is 0.304 e. The van der Waals surface area contributed by atoms with Gasteiger partial charge in [-0.05, 0) is 24.8 Å². The van der Waals surface area contributed by atoms with Gasteiger partial charge in [-0.1, -0.05) is 19.1 Å². The van der Waals surface area contributed by atoms with Gasteiger partial charge in [0.25, 0.3) is 5.69 Å². The largest absolute Gasteiger partial charge is 0.481 e. The van der Waals surface area contributed by atoms with Gasteiger partial charge < -0.3 is 5.11 Å². The summed E-state index contributed by atoms with van der Waals surface area (Å²) in [5.41, 5.74) is 0.976. The van der Waals surface area contributed by atoms with E-state index in [-0.39, 0.29) is 18.2 Å². The van der Waals surface area contributed by atoms with Gasteiger partial charge in [0.05, 0.1) is 11.3 Å². The molecule has 1 saturated carbocycles. The molecule has 1 fully saturated rings. The molecule has 114 valence electrons. The van der Waals surface area contributed by atoms with Gasteiger partial charge in [-0.2, -0.15) is 0 Å². The van der Waals surface area contributed by atoms with E-state index >= 15 is 0 Å². The predicted octanol–water partition coefficient (Wildman–Crippen LogP) is 2.99. The smallest absolute Gasteiger partial charge is 0.304 e. The van der Waals surface area contributed by atoms with Gasteiger partial charge in [0.2, 0.25) is 0 Å². The third kappa shape index (κ3) is 4.01. The minimum absolute atomic E-state index is 0.0387. The van der Waals surface area contributed by atoms with Crippen molar-refractivity contribution < 1.29 is 14.8 Å². The summed E-state index contributed by atoms with van der Waals surface area (Å²) < 4.78 is 0. The highest BCUT2D eigenvalue weighted by Crippen LogP contribution is 2.36. The Morgan fingerprint density at radius 3 is 2.76 bits per heavy atom. The lowest BCUT2D eigenvalue weighted by Gasteiger charge is -2.31. The van der Waals surface area contributed by atoms with Crippen molar-refractivity contribution >= 4 is 11.7 Å². The molecule has 1 aromatic carbocycles. The van der Waals surface area contributed by atoms with Gasteiger partial charge in [0, 0.05) is 30.8 Å². The summed E-state index contributed by atoms with van der Waals surface area (Å²) in [6, 6.07) is 7.11. The monoisotopic (exact) mass is 292 g/mol. The van der Waals surface area contributed by atoms with E-state index in [4.69, 9.17) is 5.11 Å². The highest BCUT2D eigenvalue weighted by Gasteiger charge is 2.34. The van der Waals surface area contributed by atoms with Crippen molar-refractivity contribution in [1.82, 2.24) is 4.90 Å². The number of carboxylic acids is 1. The zero-order valence-electron chi connectivity index (χ0n) is 12.1. The van der Waals surface area contributed by atoms with E-state index in [1.807, 2.05) is 13.0 Å². The van der Waals surface area contributed by atoms with E-state index in [1.165, 1.54) is 6.07 Å². The molecule has 6 nitrogen and oxygen atoms in total. The Morgan fingerprint density at radius 2 is 2.24 bits per heavy atom. The number of nitro benzene ring substituents is 1. The molecule has 1 aliphatic rings. The molecule has 1 atom stereocenters. The first kappa shape index (κ1) is 15.4. The number of aliphatic carboxylic acids is 1. The van der Waals surface area contributed by atoms with Crippen LogP contribution in [0.15, 0.2) is 24.3 Å². The average Bonchev–Trinajstić information content (AvgIpc) is 3.27. The summed E-state index contributed by atoms with van der Waals surface area (Å²) in [6.45, 7) is 2.51. The fourth-order valence-corrected chi connectivity index (χ4v) is 2.73. The highest BCUT2D eigenvalue weighted by molar-refractivity contribution is 5.66. The molecular weight excluding hydrogens is 272 g/mol. The van der Waals surface area contributed by atoms with E-state index in [0.717, 1.165) is 24.8 Å². The third-order valence-electron chi connectivity index (χ3n) is 3.85. The topological polar surface area (TPSA) is 83.7 Å². The number of nitrogens with zero attached hydrogens (tertiary/aromatic N) is 2. The van der Waals surface area contributed by atoms with Crippen LogP contribution in [0.1, 0.15) is 44.2 Å². The summed E-state index contributed by atoms with van der Waals surface area (Å²) in [7, 11) is 0. The highest BCUT2D eigenvalue weighted by atomic mass is 16.6. The Kier molecular flexibility index (Phi) is 4.90. The van der Waals surface area contributed by atoms with Crippen LogP contribution in [0.4, 0.5) is 5.69 Å². The molecule has 0 spiro atoms. The second-order valence-electron chi connectivity index (χ2n) is 5.39. The van der Waals surface area contributed by atoms with Crippen molar-refractivity contribution in [2.24, 2.45) is 0 Å². The Morgan fingerprint density at radius 1 is 1.52 bits per heavy atom. The second-order valence-corrected chi connectivity index (χ2v) is 5.39. The molecule has 0 aliphatic heterocycles. The Bertz CT molecular complexity index is 528. The zero-order chi connectivity index (χ0) is 15.4.